The van der Waals surface area contributed by atoms with E-state index in [1.165, 1.54) is 0 Å². The number of carboxylic acids is 1. The standard InChI is InChI=1S/C10H19NO4S/c1-3-10(4-2,9(12)13)11-16(14,15)7-8-5-6-8/h8,11H,3-7H2,1-2H3,(H,12,13). The number of aliphatic carboxylic acids is 1. The maximum absolute atomic E-state index is 11.7. The first-order chi connectivity index (χ1) is 7.35. The molecule has 0 bridgehead atoms. The van der Waals surface area contributed by atoms with Crippen molar-refractivity contribution in [2.75, 3.05) is 5.75 Å². The van der Waals surface area contributed by atoms with E-state index in [1.54, 1.807) is 13.8 Å². The molecular weight excluding hydrogens is 230 g/mol. The van der Waals surface area contributed by atoms with E-state index in [0.717, 1.165) is 12.8 Å². The molecule has 0 heterocycles. The Morgan fingerprint density at radius 1 is 1.38 bits per heavy atom. The highest BCUT2D eigenvalue weighted by atomic mass is 32.2. The van der Waals surface area contributed by atoms with Crippen molar-refractivity contribution in [1.82, 2.24) is 4.72 Å². The molecule has 1 rings (SSSR count). The minimum absolute atomic E-state index is 0.0576. The molecule has 5 nitrogen and oxygen atoms in total. The number of carboxylic acid groups (broad SMARTS) is 1. The Labute approximate surface area is 96.3 Å². The van der Waals surface area contributed by atoms with E-state index < -0.39 is 21.5 Å². The summed E-state index contributed by atoms with van der Waals surface area (Å²) < 4.78 is 25.8. The first-order valence-corrected chi connectivity index (χ1v) is 7.25. The quantitative estimate of drug-likeness (QED) is 0.704. The highest BCUT2D eigenvalue weighted by Gasteiger charge is 2.40. The molecule has 1 fully saturated rings. The van der Waals surface area contributed by atoms with Crippen LogP contribution in [0.5, 0.6) is 0 Å². The second-order valence-electron chi connectivity index (χ2n) is 4.42. The molecule has 0 amide bonds. The summed E-state index contributed by atoms with van der Waals surface area (Å²) in [6, 6.07) is 0. The van der Waals surface area contributed by atoms with Crippen molar-refractivity contribution in [1.29, 1.82) is 0 Å². The Balaban J connectivity index is 2.77. The molecule has 0 unspecified atom stereocenters. The van der Waals surface area contributed by atoms with Gasteiger partial charge in [0, 0.05) is 0 Å². The highest BCUT2D eigenvalue weighted by Crippen LogP contribution is 2.30. The molecule has 2 N–H and O–H groups in total. The lowest BCUT2D eigenvalue weighted by atomic mass is 9.95. The zero-order chi connectivity index (χ0) is 12.4. The summed E-state index contributed by atoms with van der Waals surface area (Å²) in [5.41, 5.74) is -1.34. The Morgan fingerprint density at radius 3 is 2.19 bits per heavy atom. The summed E-state index contributed by atoms with van der Waals surface area (Å²) >= 11 is 0. The zero-order valence-corrected chi connectivity index (χ0v) is 10.5. The smallest absolute Gasteiger partial charge is 0.324 e. The summed E-state index contributed by atoms with van der Waals surface area (Å²) in [5.74, 6) is -0.822. The van der Waals surface area contributed by atoms with Crippen LogP contribution in [-0.4, -0.2) is 30.8 Å². The van der Waals surface area contributed by atoms with Gasteiger partial charge in [-0.1, -0.05) is 13.8 Å². The van der Waals surface area contributed by atoms with Gasteiger partial charge in [-0.15, -0.1) is 0 Å². The number of carbonyl (C=O) groups is 1. The molecule has 0 aromatic heterocycles. The molecular formula is C10H19NO4S. The summed E-state index contributed by atoms with van der Waals surface area (Å²) in [6.45, 7) is 3.36. The van der Waals surface area contributed by atoms with Gasteiger partial charge in [0.05, 0.1) is 5.75 Å². The first kappa shape index (κ1) is 13.4. The third-order valence-corrected chi connectivity index (χ3v) is 4.73. The van der Waals surface area contributed by atoms with Crippen LogP contribution in [0.1, 0.15) is 39.5 Å². The predicted octanol–water partition coefficient (Wildman–Crippen LogP) is 0.959. The summed E-state index contributed by atoms with van der Waals surface area (Å²) in [5, 5.41) is 9.11. The lowest BCUT2D eigenvalue weighted by Gasteiger charge is -2.27. The van der Waals surface area contributed by atoms with E-state index in [1.807, 2.05) is 0 Å². The van der Waals surface area contributed by atoms with Crippen LogP contribution in [0.2, 0.25) is 0 Å². The maximum Gasteiger partial charge on any atom is 0.324 e. The summed E-state index contributed by atoms with van der Waals surface area (Å²) in [4.78, 5) is 11.1. The van der Waals surface area contributed by atoms with E-state index >= 15 is 0 Å². The van der Waals surface area contributed by atoms with E-state index in [4.69, 9.17) is 5.11 Å². The molecule has 0 saturated heterocycles. The Hall–Kier alpha value is -0.620. The van der Waals surface area contributed by atoms with Crippen molar-refractivity contribution in [3.8, 4) is 0 Å². The minimum Gasteiger partial charge on any atom is -0.480 e. The molecule has 0 aliphatic heterocycles. The van der Waals surface area contributed by atoms with Gasteiger partial charge >= 0.3 is 5.97 Å². The highest BCUT2D eigenvalue weighted by molar-refractivity contribution is 7.89. The Bertz CT molecular complexity index is 355. The Morgan fingerprint density at radius 2 is 1.88 bits per heavy atom. The molecule has 1 aliphatic rings. The molecule has 6 heteroatoms. The van der Waals surface area contributed by atoms with Gasteiger partial charge in [-0.2, -0.15) is 4.72 Å². The van der Waals surface area contributed by atoms with Crippen molar-refractivity contribution in [3.05, 3.63) is 0 Å². The van der Waals surface area contributed by atoms with Crippen LogP contribution in [0, 0.1) is 5.92 Å². The van der Waals surface area contributed by atoms with Crippen LogP contribution in [0.15, 0.2) is 0 Å². The number of nitrogens with one attached hydrogen (secondary N) is 1. The van der Waals surface area contributed by atoms with Crippen molar-refractivity contribution < 1.29 is 18.3 Å². The zero-order valence-electron chi connectivity index (χ0n) is 9.69. The fourth-order valence-corrected chi connectivity index (χ4v) is 3.68. The molecule has 0 aromatic rings. The predicted molar refractivity (Wildman–Crippen MR) is 60.6 cm³/mol. The average molecular weight is 249 g/mol. The van der Waals surface area contributed by atoms with E-state index in [0.29, 0.717) is 0 Å². The Kier molecular flexibility index (Phi) is 3.96. The molecule has 94 valence electrons. The molecule has 0 atom stereocenters. The van der Waals surface area contributed by atoms with Crippen molar-refractivity contribution in [2.24, 2.45) is 5.92 Å². The van der Waals surface area contributed by atoms with Crippen LogP contribution in [-0.2, 0) is 14.8 Å². The van der Waals surface area contributed by atoms with Gasteiger partial charge in [-0.3, -0.25) is 4.79 Å². The van der Waals surface area contributed by atoms with Gasteiger partial charge in [0.15, 0.2) is 0 Å². The van der Waals surface area contributed by atoms with Gasteiger partial charge in [-0.25, -0.2) is 8.42 Å². The largest absolute Gasteiger partial charge is 0.480 e. The topological polar surface area (TPSA) is 83.5 Å². The maximum atomic E-state index is 11.7. The second-order valence-corrected chi connectivity index (χ2v) is 6.19. The third kappa shape index (κ3) is 3.18. The van der Waals surface area contributed by atoms with Crippen molar-refractivity contribution in [3.63, 3.8) is 0 Å². The first-order valence-electron chi connectivity index (χ1n) is 5.60. The van der Waals surface area contributed by atoms with E-state index in [-0.39, 0.29) is 24.5 Å². The van der Waals surface area contributed by atoms with Crippen LogP contribution in [0.3, 0.4) is 0 Å². The second kappa shape index (κ2) is 4.71. The van der Waals surface area contributed by atoms with Gasteiger partial charge in [0.2, 0.25) is 10.0 Å². The molecule has 0 aromatic carbocycles. The van der Waals surface area contributed by atoms with Crippen LogP contribution in [0.25, 0.3) is 0 Å². The fraction of sp³-hybridized carbons (Fsp3) is 0.900. The lowest BCUT2D eigenvalue weighted by molar-refractivity contribution is -0.144. The van der Waals surface area contributed by atoms with Gasteiger partial charge < -0.3 is 5.11 Å². The summed E-state index contributed by atoms with van der Waals surface area (Å²) in [6.07, 6.45) is 2.37. The van der Waals surface area contributed by atoms with Crippen molar-refractivity contribution >= 4 is 16.0 Å². The van der Waals surface area contributed by atoms with Crippen LogP contribution >= 0.6 is 0 Å². The molecule has 1 aliphatic carbocycles. The normalized spacial score (nSPS) is 17.4. The molecule has 16 heavy (non-hydrogen) atoms. The van der Waals surface area contributed by atoms with Crippen molar-refractivity contribution in [2.45, 2.75) is 45.1 Å². The van der Waals surface area contributed by atoms with Gasteiger partial charge in [0.1, 0.15) is 5.54 Å². The van der Waals surface area contributed by atoms with Gasteiger partial charge in [-0.05, 0) is 31.6 Å². The average Bonchev–Trinajstić information content (AvgIpc) is 2.97. The molecule has 0 radical (unpaired) electrons. The summed E-state index contributed by atoms with van der Waals surface area (Å²) in [7, 11) is -3.48. The monoisotopic (exact) mass is 249 g/mol. The van der Waals surface area contributed by atoms with E-state index in [9.17, 15) is 13.2 Å². The van der Waals surface area contributed by atoms with Crippen LogP contribution < -0.4 is 4.72 Å². The lowest BCUT2D eigenvalue weighted by Crippen LogP contribution is -2.54. The number of hydrogen-bond acceptors (Lipinski definition) is 3. The number of hydrogen-bond donors (Lipinski definition) is 2. The third-order valence-electron chi connectivity index (χ3n) is 3.12. The molecule has 0 spiro atoms. The minimum atomic E-state index is -3.48. The number of rotatable bonds is 7. The van der Waals surface area contributed by atoms with E-state index in [2.05, 4.69) is 4.72 Å². The fourth-order valence-electron chi connectivity index (χ4n) is 1.67. The molecule has 1 saturated carbocycles. The SMILES string of the molecule is CCC(CC)(NS(=O)(=O)CC1CC1)C(=O)O. The number of sulfonamides is 1. The van der Waals surface area contributed by atoms with Crippen LogP contribution in [0.4, 0.5) is 0 Å². The van der Waals surface area contributed by atoms with Gasteiger partial charge in [0.25, 0.3) is 0 Å².